The predicted octanol–water partition coefficient (Wildman–Crippen LogP) is 2.62. The van der Waals surface area contributed by atoms with Crippen molar-refractivity contribution in [2.24, 2.45) is 5.92 Å². The minimum Gasteiger partial charge on any atom is -0.267 e. The van der Waals surface area contributed by atoms with Crippen molar-refractivity contribution >= 4 is 5.91 Å². The second kappa shape index (κ2) is 4.96. The van der Waals surface area contributed by atoms with Gasteiger partial charge in [0.2, 0.25) is 0 Å². The van der Waals surface area contributed by atoms with Crippen LogP contribution in [0.5, 0.6) is 0 Å². The van der Waals surface area contributed by atoms with E-state index in [9.17, 15) is 4.79 Å². The molecule has 0 aliphatic heterocycles. The molecule has 0 heterocycles. The molecule has 2 nitrogen and oxygen atoms in total. The summed E-state index contributed by atoms with van der Waals surface area (Å²) in [6.45, 7) is 0.693. The van der Waals surface area contributed by atoms with Crippen LogP contribution in [0.1, 0.15) is 36.0 Å². The topological polar surface area (TPSA) is 31.2 Å². The number of rotatable bonds is 4. The lowest BCUT2D eigenvalue weighted by Crippen LogP contribution is -2.21. The van der Waals surface area contributed by atoms with E-state index in [-0.39, 0.29) is 5.91 Å². The normalized spacial score (nSPS) is 15.7. The van der Waals surface area contributed by atoms with E-state index in [0.717, 1.165) is 12.3 Å². The summed E-state index contributed by atoms with van der Waals surface area (Å²) in [5.74, 6) is 0.757. The van der Waals surface area contributed by atoms with E-state index in [0.29, 0.717) is 12.1 Å². The Hall–Kier alpha value is -1.31. The molecule has 1 aromatic carbocycles. The van der Waals surface area contributed by atoms with E-state index < -0.39 is 0 Å². The Morgan fingerprint density at radius 3 is 2.60 bits per heavy atom. The predicted molar refractivity (Wildman–Crippen MR) is 59.7 cm³/mol. The van der Waals surface area contributed by atoms with E-state index in [1.54, 1.807) is 0 Å². The zero-order valence-electron chi connectivity index (χ0n) is 8.86. The number of carbonyl (C=O) groups is 1. The monoisotopic (exact) mass is 202 g/mol. The number of benzene rings is 1. The van der Waals surface area contributed by atoms with E-state index >= 15 is 0 Å². The highest BCUT2D eigenvalue weighted by Gasteiger charge is 2.17. The lowest BCUT2D eigenvalue weighted by atomic mass is 9.83. The van der Waals surface area contributed by atoms with Crippen LogP contribution in [0.4, 0.5) is 0 Å². The van der Waals surface area contributed by atoms with E-state index in [4.69, 9.17) is 0 Å². The summed E-state index contributed by atoms with van der Waals surface area (Å²) < 4.78 is 0. The molecule has 0 bridgehead atoms. The zero-order chi connectivity index (χ0) is 10.5. The van der Waals surface area contributed by atoms with Crippen molar-refractivity contribution in [1.82, 2.24) is 5.32 Å². The van der Waals surface area contributed by atoms with Gasteiger partial charge in [-0.15, -0.1) is 0 Å². The smallest absolute Gasteiger partial charge is 0.267 e. The quantitative estimate of drug-likeness (QED) is 0.738. The number of carbonyl (C=O) groups excluding carboxylic acids is 1. The van der Waals surface area contributed by atoms with Crippen molar-refractivity contribution in [2.45, 2.75) is 25.7 Å². The average Bonchev–Trinajstić information content (AvgIpc) is 2.23. The molecule has 0 spiro atoms. The largest absolute Gasteiger partial charge is 0.272 e. The summed E-state index contributed by atoms with van der Waals surface area (Å²) in [6, 6.07) is 9.28. The lowest BCUT2D eigenvalue weighted by molar-refractivity contribution is 0.0944. The third kappa shape index (κ3) is 2.82. The molecule has 0 atom stereocenters. The Morgan fingerprint density at radius 2 is 2.00 bits per heavy atom. The molecular weight excluding hydrogens is 186 g/mol. The van der Waals surface area contributed by atoms with Crippen molar-refractivity contribution in [3.63, 3.8) is 0 Å². The molecule has 1 fully saturated rings. The molecule has 1 aliphatic carbocycles. The van der Waals surface area contributed by atoms with Crippen molar-refractivity contribution in [2.75, 3.05) is 6.54 Å². The molecule has 0 aromatic heterocycles. The summed E-state index contributed by atoms with van der Waals surface area (Å²) in [5, 5.41) is 4.08. The SMILES string of the molecule is O=C([N]CCC1CCC1)c1ccccc1. The Morgan fingerprint density at radius 1 is 1.27 bits per heavy atom. The van der Waals surface area contributed by atoms with E-state index in [1.165, 1.54) is 19.3 Å². The molecular formula is C13H16NO. The zero-order valence-corrected chi connectivity index (χ0v) is 8.86. The van der Waals surface area contributed by atoms with Crippen LogP contribution in [0.25, 0.3) is 0 Å². The first-order valence-electron chi connectivity index (χ1n) is 5.63. The van der Waals surface area contributed by atoms with Crippen LogP contribution >= 0.6 is 0 Å². The van der Waals surface area contributed by atoms with Crippen LogP contribution < -0.4 is 5.32 Å². The van der Waals surface area contributed by atoms with Crippen molar-refractivity contribution in [1.29, 1.82) is 0 Å². The maximum absolute atomic E-state index is 11.6. The van der Waals surface area contributed by atoms with Gasteiger partial charge in [-0.3, -0.25) is 4.79 Å². The molecule has 1 amide bonds. The van der Waals surface area contributed by atoms with Crippen molar-refractivity contribution in [3.8, 4) is 0 Å². The van der Waals surface area contributed by atoms with Crippen LogP contribution in [0, 0.1) is 5.92 Å². The van der Waals surface area contributed by atoms with Crippen LogP contribution in [0.15, 0.2) is 30.3 Å². The Bertz CT molecular complexity index is 317. The van der Waals surface area contributed by atoms with Gasteiger partial charge in [-0.1, -0.05) is 37.5 Å². The lowest BCUT2D eigenvalue weighted by Gasteiger charge is -2.24. The molecule has 1 saturated carbocycles. The average molecular weight is 202 g/mol. The van der Waals surface area contributed by atoms with Gasteiger partial charge < -0.3 is 0 Å². The highest BCUT2D eigenvalue weighted by molar-refractivity contribution is 5.93. The van der Waals surface area contributed by atoms with Crippen LogP contribution in [0.2, 0.25) is 0 Å². The van der Waals surface area contributed by atoms with Gasteiger partial charge in [-0.05, 0) is 24.5 Å². The Balaban J connectivity index is 1.72. The van der Waals surface area contributed by atoms with Gasteiger partial charge in [0.25, 0.3) is 5.91 Å². The van der Waals surface area contributed by atoms with Crippen LogP contribution in [-0.4, -0.2) is 12.5 Å². The van der Waals surface area contributed by atoms with Gasteiger partial charge in [0.15, 0.2) is 0 Å². The molecule has 79 valence electrons. The molecule has 1 aliphatic rings. The Kier molecular flexibility index (Phi) is 3.38. The summed E-state index contributed by atoms with van der Waals surface area (Å²) >= 11 is 0. The maximum Gasteiger partial charge on any atom is 0.272 e. The fraction of sp³-hybridized carbons (Fsp3) is 0.462. The third-order valence-corrected chi connectivity index (χ3v) is 3.04. The fourth-order valence-electron chi connectivity index (χ4n) is 1.80. The summed E-state index contributed by atoms with van der Waals surface area (Å²) in [7, 11) is 0. The minimum atomic E-state index is -0.0741. The number of hydrogen-bond acceptors (Lipinski definition) is 1. The highest BCUT2D eigenvalue weighted by Crippen LogP contribution is 2.28. The van der Waals surface area contributed by atoms with Gasteiger partial charge in [-0.2, -0.15) is 0 Å². The molecule has 0 unspecified atom stereocenters. The van der Waals surface area contributed by atoms with Crippen molar-refractivity contribution < 1.29 is 4.79 Å². The number of amides is 1. The summed E-state index contributed by atoms with van der Waals surface area (Å²) in [4.78, 5) is 11.6. The van der Waals surface area contributed by atoms with E-state index in [2.05, 4.69) is 5.32 Å². The molecule has 15 heavy (non-hydrogen) atoms. The fourth-order valence-corrected chi connectivity index (χ4v) is 1.80. The third-order valence-electron chi connectivity index (χ3n) is 3.04. The van der Waals surface area contributed by atoms with Gasteiger partial charge in [-0.25, -0.2) is 5.32 Å². The maximum atomic E-state index is 11.6. The molecule has 1 radical (unpaired) electrons. The molecule has 1 aromatic rings. The minimum absolute atomic E-state index is 0.0741. The number of nitrogens with zero attached hydrogens (tertiary/aromatic N) is 1. The first-order chi connectivity index (χ1) is 7.36. The van der Waals surface area contributed by atoms with Crippen molar-refractivity contribution in [3.05, 3.63) is 35.9 Å². The first kappa shape index (κ1) is 10.2. The molecule has 2 heteroatoms. The molecule has 2 rings (SSSR count). The summed E-state index contributed by atoms with van der Waals surface area (Å²) in [5.41, 5.74) is 0.700. The van der Waals surface area contributed by atoms with E-state index in [1.807, 2.05) is 30.3 Å². The summed E-state index contributed by atoms with van der Waals surface area (Å²) in [6.07, 6.45) is 5.10. The van der Waals surface area contributed by atoms with Crippen LogP contribution in [0.3, 0.4) is 0 Å². The second-order valence-corrected chi connectivity index (χ2v) is 4.14. The standard InChI is InChI=1S/C13H16NO/c15-13(12-7-2-1-3-8-12)14-10-9-11-5-4-6-11/h1-3,7-8,11H,4-6,9-10H2. The molecule has 0 saturated heterocycles. The molecule has 0 N–H and O–H groups in total. The van der Waals surface area contributed by atoms with Gasteiger partial charge >= 0.3 is 0 Å². The van der Waals surface area contributed by atoms with Crippen LogP contribution in [-0.2, 0) is 0 Å². The van der Waals surface area contributed by atoms with Gasteiger partial charge in [0.05, 0.1) is 0 Å². The number of hydrogen-bond donors (Lipinski definition) is 0. The highest BCUT2D eigenvalue weighted by atomic mass is 16.1. The first-order valence-corrected chi connectivity index (χ1v) is 5.63. The van der Waals surface area contributed by atoms with Gasteiger partial charge in [0.1, 0.15) is 0 Å². The second-order valence-electron chi connectivity index (χ2n) is 4.14. The Labute approximate surface area is 90.7 Å². The van der Waals surface area contributed by atoms with Gasteiger partial charge in [0, 0.05) is 12.1 Å².